The second-order valence-electron chi connectivity index (χ2n) is 7.75. The van der Waals surface area contributed by atoms with Crippen molar-refractivity contribution in [3.05, 3.63) is 77.9 Å². The number of halogens is 2. The predicted molar refractivity (Wildman–Crippen MR) is 107 cm³/mol. The van der Waals surface area contributed by atoms with Gasteiger partial charge in [0.15, 0.2) is 0 Å². The minimum Gasteiger partial charge on any atom is -0.368 e. The topological polar surface area (TPSA) is 94.3 Å². The van der Waals surface area contributed by atoms with Gasteiger partial charge >= 0.3 is 0 Å². The van der Waals surface area contributed by atoms with Gasteiger partial charge in [-0.15, -0.1) is 0 Å². The fourth-order valence-corrected chi connectivity index (χ4v) is 4.54. The molecule has 1 aliphatic rings. The third-order valence-electron chi connectivity index (χ3n) is 5.58. The van der Waals surface area contributed by atoms with Gasteiger partial charge in [-0.2, -0.15) is 13.5 Å². The van der Waals surface area contributed by atoms with Crippen molar-refractivity contribution in [2.75, 3.05) is 6.61 Å². The minimum atomic E-state index is -4.22. The lowest BCUT2D eigenvalue weighted by Crippen LogP contribution is -2.32. The first-order valence-electron chi connectivity index (χ1n) is 9.73. The zero-order valence-corrected chi connectivity index (χ0v) is 17.3. The van der Waals surface area contributed by atoms with Crippen LogP contribution >= 0.6 is 0 Å². The molecule has 1 fully saturated rings. The van der Waals surface area contributed by atoms with Crippen LogP contribution < -0.4 is 0 Å². The van der Waals surface area contributed by atoms with Crippen molar-refractivity contribution in [3.63, 3.8) is 0 Å². The summed E-state index contributed by atoms with van der Waals surface area (Å²) in [5.41, 5.74) is 0.198. The molecular weight excluding hydrogens is 428 g/mol. The number of aryl methyl sites for hydroxylation is 1. The Morgan fingerprint density at radius 3 is 2.61 bits per heavy atom. The molecule has 31 heavy (non-hydrogen) atoms. The van der Waals surface area contributed by atoms with E-state index >= 15 is 0 Å². The fourth-order valence-electron chi connectivity index (χ4n) is 4.06. The van der Waals surface area contributed by atoms with Gasteiger partial charge < -0.3 is 4.74 Å². The van der Waals surface area contributed by atoms with Crippen LogP contribution in [0.4, 0.5) is 8.78 Å². The van der Waals surface area contributed by atoms with Crippen LogP contribution in [0.25, 0.3) is 0 Å². The lowest BCUT2D eigenvalue weighted by Gasteiger charge is -2.29. The molecule has 1 saturated heterocycles. The van der Waals surface area contributed by atoms with Crippen LogP contribution in [0, 0.1) is 17.6 Å². The Hall–Kier alpha value is -2.69. The summed E-state index contributed by atoms with van der Waals surface area (Å²) in [4.78, 5) is 3.77. The summed E-state index contributed by atoms with van der Waals surface area (Å²) in [5, 5.41) is 4.10. The second-order valence-corrected chi connectivity index (χ2v) is 9.17. The van der Waals surface area contributed by atoms with Crippen LogP contribution in [0.15, 0.2) is 60.0 Å². The molecule has 0 bridgehead atoms. The maximum atomic E-state index is 14.7. The average Bonchev–Trinajstić information content (AvgIpc) is 3.37. The van der Waals surface area contributed by atoms with Crippen molar-refractivity contribution >= 4 is 10.1 Å². The van der Waals surface area contributed by atoms with Crippen LogP contribution in [-0.4, -0.2) is 34.3 Å². The van der Waals surface area contributed by atoms with Gasteiger partial charge in [-0.3, -0.25) is 4.55 Å². The van der Waals surface area contributed by atoms with Gasteiger partial charge in [0, 0.05) is 11.6 Å². The van der Waals surface area contributed by atoms with E-state index in [1.54, 1.807) is 16.8 Å². The quantitative estimate of drug-likeness (QED) is 0.556. The highest BCUT2D eigenvalue weighted by Gasteiger charge is 2.44. The summed E-state index contributed by atoms with van der Waals surface area (Å²) in [7, 11) is -4.22. The molecule has 2 heterocycles. The first-order valence-corrected chi connectivity index (χ1v) is 11.2. The zero-order chi connectivity index (χ0) is 22.1. The van der Waals surface area contributed by atoms with Gasteiger partial charge in [0.25, 0.3) is 10.1 Å². The predicted octanol–water partition coefficient (Wildman–Crippen LogP) is 3.37. The number of nitrogens with zero attached hydrogens (tertiary/aromatic N) is 3. The van der Waals surface area contributed by atoms with Gasteiger partial charge in [-0.1, -0.05) is 18.2 Å². The van der Waals surface area contributed by atoms with Crippen molar-refractivity contribution in [3.8, 4) is 0 Å². The summed E-state index contributed by atoms with van der Waals surface area (Å²) in [6.45, 7) is 0.643. The largest absolute Gasteiger partial charge is 0.368 e. The fraction of sp³-hybridized carbons (Fsp3) is 0.333. The summed E-state index contributed by atoms with van der Waals surface area (Å²) < 4.78 is 67.2. The van der Waals surface area contributed by atoms with E-state index in [0.29, 0.717) is 19.4 Å². The van der Waals surface area contributed by atoms with Crippen LogP contribution in [0.3, 0.4) is 0 Å². The van der Waals surface area contributed by atoms with Crippen LogP contribution in [0.5, 0.6) is 0 Å². The average molecular weight is 449 g/mol. The molecule has 3 aromatic rings. The number of benzene rings is 2. The van der Waals surface area contributed by atoms with E-state index in [2.05, 4.69) is 10.1 Å². The Bertz CT molecular complexity index is 1150. The number of hydrogen-bond acceptors (Lipinski definition) is 5. The monoisotopic (exact) mass is 449 g/mol. The SMILES string of the molecule is O=S(=O)(O)c1ccc(CC[C@@H]2CO[C@@](Cn3cncn3)(c3ccc(F)cc3F)C2)cc1. The molecule has 0 radical (unpaired) electrons. The molecule has 1 aromatic heterocycles. The standard InChI is InChI=1S/C21H21F2N3O4S/c22-17-5-8-19(20(23)9-17)21(12-26-14-24-13-25-26)10-16(11-30-21)2-1-15-3-6-18(7-4-15)31(27,28)29/h3-9,13-14,16H,1-2,10-12H2,(H,27,28,29)/t16-,21-/m0/s1. The maximum absolute atomic E-state index is 14.7. The molecule has 1 aliphatic heterocycles. The second kappa shape index (κ2) is 8.45. The Balaban J connectivity index is 1.50. The first-order chi connectivity index (χ1) is 14.7. The van der Waals surface area contributed by atoms with E-state index in [0.717, 1.165) is 18.1 Å². The molecule has 10 heteroatoms. The number of aromatic nitrogens is 3. The van der Waals surface area contributed by atoms with E-state index in [9.17, 15) is 17.2 Å². The number of rotatable bonds is 7. The molecule has 1 N–H and O–H groups in total. The molecule has 2 atom stereocenters. The molecule has 4 rings (SSSR count). The van der Waals surface area contributed by atoms with E-state index in [1.807, 2.05) is 0 Å². The third kappa shape index (κ3) is 4.81. The highest BCUT2D eigenvalue weighted by molar-refractivity contribution is 7.85. The van der Waals surface area contributed by atoms with Gasteiger partial charge in [-0.05, 0) is 48.9 Å². The van der Waals surface area contributed by atoms with Crippen LogP contribution in [0.1, 0.15) is 24.0 Å². The van der Waals surface area contributed by atoms with Gasteiger partial charge in [-0.25, -0.2) is 18.4 Å². The molecule has 0 saturated carbocycles. The summed E-state index contributed by atoms with van der Waals surface area (Å²) in [5.74, 6) is -1.21. The third-order valence-corrected chi connectivity index (χ3v) is 6.45. The number of ether oxygens (including phenoxy) is 1. The molecule has 0 unspecified atom stereocenters. The van der Waals surface area contributed by atoms with Crippen molar-refractivity contribution in [2.45, 2.75) is 36.3 Å². The van der Waals surface area contributed by atoms with Crippen LogP contribution in [0.2, 0.25) is 0 Å². The molecule has 2 aromatic carbocycles. The van der Waals surface area contributed by atoms with Crippen molar-refractivity contribution in [1.82, 2.24) is 14.8 Å². The van der Waals surface area contributed by atoms with E-state index in [-0.39, 0.29) is 22.9 Å². The Morgan fingerprint density at radius 2 is 1.97 bits per heavy atom. The van der Waals surface area contributed by atoms with Gasteiger partial charge in [0.2, 0.25) is 0 Å². The molecule has 0 spiro atoms. The molecule has 7 nitrogen and oxygen atoms in total. The highest BCUT2D eigenvalue weighted by Crippen LogP contribution is 2.43. The lowest BCUT2D eigenvalue weighted by molar-refractivity contribution is -0.0204. The zero-order valence-electron chi connectivity index (χ0n) is 16.5. The van der Waals surface area contributed by atoms with Gasteiger partial charge in [0.05, 0.1) is 18.0 Å². The maximum Gasteiger partial charge on any atom is 0.294 e. The van der Waals surface area contributed by atoms with Crippen molar-refractivity contribution in [1.29, 1.82) is 0 Å². The molecule has 0 aliphatic carbocycles. The molecule has 0 amide bonds. The minimum absolute atomic E-state index is 0.106. The lowest BCUT2D eigenvalue weighted by atomic mass is 9.85. The molecular formula is C21H21F2N3O4S. The van der Waals surface area contributed by atoms with E-state index in [1.165, 1.54) is 36.9 Å². The summed E-state index contributed by atoms with van der Waals surface area (Å²) >= 11 is 0. The van der Waals surface area contributed by atoms with Crippen molar-refractivity contribution in [2.24, 2.45) is 5.92 Å². The van der Waals surface area contributed by atoms with Crippen molar-refractivity contribution < 1.29 is 26.5 Å². The van der Waals surface area contributed by atoms with E-state index < -0.39 is 27.4 Å². The Morgan fingerprint density at radius 1 is 1.19 bits per heavy atom. The molecule has 164 valence electrons. The number of hydrogen-bond donors (Lipinski definition) is 1. The van der Waals surface area contributed by atoms with E-state index in [4.69, 9.17) is 9.29 Å². The van der Waals surface area contributed by atoms with Crippen LogP contribution in [-0.2, 0) is 33.4 Å². The summed E-state index contributed by atoms with van der Waals surface area (Å²) in [6, 6.07) is 9.51. The first kappa shape index (κ1) is 21.5. The van der Waals surface area contributed by atoms with Gasteiger partial charge in [0.1, 0.15) is 29.9 Å². The highest BCUT2D eigenvalue weighted by atomic mass is 32.2. The normalized spacial score (nSPS) is 21.5. The summed E-state index contributed by atoms with van der Waals surface area (Å²) in [6.07, 6.45) is 4.81. The Kier molecular flexibility index (Phi) is 5.87. The smallest absolute Gasteiger partial charge is 0.294 e. The Labute approximate surface area is 178 Å².